The molecule has 0 spiro atoms. The minimum absolute atomic E-state index is 0.00925. The van der Waals surface area contributed by atoms with Crippen LogP contribution in [0.1, 0.15) is 54.2 Å². The average molecular weight is 547 g/mol. The number of aryl methyl sites for hydroxylation is 2. The molecule has 0 bridgehead atoms. The maximum atomic E-state index is 13.7. The van der Waals surface area contributed by atoms with Crippen LogP contribution in [-0.2, 0) is 34.8 Å². The highest BCUT2D eigenvalue weighted by Crippen LogP contribution is 2.36. The van der Waals surface area contributed by atoms with Crippen LogP contribution in [-0.4, -0.2) is 23.9 Å². The first-order valence-corrected chi connectivity index (χ1v) is 14.4. The molecule has 0 unspecified atom stereocenters. The number of nitrogens with zero attached hydrogens (tertiary/aromatic N) is 3. The third kappa shape index (κ3) is 5.94. The first-order valence-electron chi connectivity index (χ1n) is 12.9. The van der Waals surface area contributed by atoms with Crippen LogP contribution in [0.5, 0.6) is 0 Å². The molecule has 1 aliphatic carbocycles. The summed E-state index contributed by atoms with van der Waals surface area (Å²) in [5, 5.41) is 0. The van der Waals surface area contributed by atoms with E-state index in [2.05, 4.69) is 9.71 Å². The van der Waals surface area contributed by atoms with Gasteiger partial charge in [-0.3, -0.25) is 4.79 Å². The summed E-state index contributed by atoms with van der Waals surface area (Å²) in [6, 6.07) is 20.1. The van der Waals surface area contributed by atoms with Gasteiger partial charge >= 0.3 is 0 Å². The fourth-order valence-corrected chi connectivity index (χ4v) is 6.28. The van der Waals surface area contributed by atoms with E-state index < -0.39 is 21.9 Å². The quantitative estimate of drug-likeness (QED) is 0.311. The van der Waals surface area contributed by atoms with Gasteiger partial charge in [0.05, 0.1) is 11.4 Å². The number of hydrogen-bond donors (Lipinski definition) is 1. The van der Waals surface area contributed by atoms with Crippen molar-refractivity contribution >= 4 is 21.6 Å². The van der Waals surface area contributed by atoms with E-state index in [0.717, 1.165) is 34.6 Å². The Bertz CT molecular complexity index is 1570. The monoisotopic (exact) mass is 546 g/mol. The second-order valence-corrected chi connectivity index (χ2v) is 11.7. The molecular formula is C30H31FN4O3S. The fourth-order valence-electron chi connectivity index (χ4n) is 5.03. The Balaban J connectivity index is 1.43. The molecule has 1 N–H and O–H groups in total. The van der Waals surface area contributed by atoms with Gasteiger partial charge < -0.3 is 9.47 Å². The molecule has 1 amide bonds. The van der Waals surface area contributed by atoms with Crippen LogP contribution in [0.2, 0.25) is 0 Å². The first-order chi connectivity index (χ1) is 18.7. The standard InChI is InChI=1S/C30H31FN4O3S/c1-21(22-6-4-3-5-7-22)18-30(36)35(20-29-32-16-17-34(29)2)25-12-8-23-9-15-28(27(23)19-25)33-39(37,38)26-13-10-24(31)11-14-26/h3-8,10-14,16-17,19,21,28,33H,9,15,18,20H2,1-2H3/t21-,28-/m0/s1. The third-order valence-corrected chi connectivity index (χ3v) is 8.80. The summed E-state index contributed by atoms with van der Waals surface area (Å²) < 4.78 is 44.1. The van der Waals surface area contributed by atoms with E-state index in [-0.39, 0.29) is 23.3 Å². The Labute approximate surface area is 228 Å². The van der Waals surface area contributed by atoms with Gasteiger partial charge in [0.15, 0.2) is 0 Å². The minimum atomic E-state index is -3.86. The van der Waals surface area contributed by atoms with Crippen LogP contribution in [0.15, 0.2) is 90.1 Å². The number of halogens is 1. The fraction of sp³-hybridized carbons (Fsp3) is 0.267. The summed E-state index contributed by atoms with van der Waals surface area (Å²) in [7, 11) is -1.97. The van der Waals surface area contributed by atoms with Crippen molar-refractivity contribution in [3.05, 3.63) is 114 Å². The minimum Gasteiger partial charge on any atom is -0.337 e. The van der Waals surface area contributed by atoms with E-state index in [1.807, 2.05) is 73.3 Å². The van der Waals surface area contributed by atoms with Crippen molar-refractivity contribution in [2.24, 2.45) is 7.05 Å². The lowest BCUT2D eigenvalue weighted by Gasteiger charge is -2.26. The predicted molar refractivity (Wildman–Crippen MR) is 148 cm³/mol. The molecule has 1 aliphatic rings. The van der Waals surface area contributed by atoms with Gasteiger partial charge in [0.2, 0.25) is 15.9 Å². The van der Waals surface area contributed by atoms with E-state index in [1.54, 1.807) is 11.1 Å². The van der Waals surface area contributed by atoms with E-state index >= 15 is 0 Å². The summed E-state index contributed by atoms with van der Waals surface area (Å²) in [6.07, 6.45) is 5.16. The number of carbonyl (C=O) groups is 1. The molecule has 0 aliphatic heterocycles. The van der Waals surface area contributed by atoms with Crippen LogP contribution in [0.4, 0.5) is 10.1 Å². The lowest BCUT2D eigenvalue weighted by molar-refractivity contribution is -0.119. The number of imidazole rings is 1. The third-order valence-electron chi connectivity index (χ3n) is 7.31. The summed E-state index contributed by atoms with van der Waals surface area (Å²) in [4.78, 5) is 19.9. The highest BCUT2D eigenvalue weighted by molar-refractivity contribution is 7.89. The van der Waals surface area contributed by atoms with Crippen molar-refractivity contribution in [1.29, 1.82) is 0 Å². The van der Waals surface area contributed by atoms with Crippen molar-refractivity contribution in [1.82, 2.24) is 14.3 Å². The Hall–Kier alpha value is -3.82. The lowest BCUT2D eigenvalue weighted by Crippen LogP contribution is -2.32. The smallest absolute Gasteiger partial charge is 0.241 e. The van der Waals surface area contributed by atoms with Gasteiger partial charge in [0.25, 0.3) is 0 Å². The maximum Gasteiger partial charge on any atom is 0.241 e. The van der Waals surface area contributed by atoms with E-state index in [1.165, 1.54) is 12.1 Å². The van der Waals surface area contributed by atoms with Gasteiger partial charge in [0.1, 0.15) is 11.6 Å². The molecule has 202 valence electrons. The summed E-state index contributed by atoms with van der Waals surface area (Å²) >= 11 is 0. The number of amides is 1. The molecule has 4 aromatic rings. The summed E-state index contributed by atoms with van der Waals surface area (Å²) in [6.45, 7) is 2.32. The molecule has 0 saturated carbocycles. The zero-order valence-corrected chi connectivity index (χ0v) is 22.7. The second kappa shape index (κ2) is 11.1. The normalized spacial score (nSPS) is 15.6. The molecule has 5 rings (SSSR count). The molecule has 1 heterocycles. The second-order valence-electron chi connectivity index (χ2n) is 10.00. The van der Waals surface area contributed by atoms with Gasteiger partial charge in [-0.1, -0.05) is 43.3 Å². The van der Waals surface area contributed by atoms with Crippen molar-refractivity contribution in [3.63, 3.8) is 0 Å². The Morgan fingerprint density at radius 2 is 1.87 bits per heavy atom. The van der Waals surface area contributed by atoms with Crippen LogP contribution >= 0.6 is 0 Å². The predicted octanol–water partition coefficient (Wildman–Crippen LogP) is 5.25. The Morgan fingerprint density at radius 3 is 2.56 bits per heavy atom. The number of fused-ring (bicyclic) bond motifs is 1. The molecule has 9 heteroatoms. The van der Waals surface area contributed by atoms with E-state index in [4.69, 9.17) is 0 Å². The highest BCUT2D eigenvalue weighted by Gasteiger charge is 2.29. The van der Waals surface area contributed by atoms with Crippen molar-refractivity contribution in [3.8, 4) is 0 Å². The van der Waals surface area contributed by atoms with Gasteiger partial charge in [-0.25, -0.2) is 22.5 Å². The van der Waals surface area contributed by atoms with Crippen molar-refractivity contribution in [2.75, 3.05) is 4.90 Å². The summed E-state index contributed by atoms with van der Waals surface area (Å²) in [5.74, 6) is 0.219. The molecular weight excluding hydrogens is 515 g/mol. The number of nitrogens with one attached hydrogen (secondary N) is 1. The number of hydrogen-bond acceptors (Lipinski definition) is 4. The zero-order valence-electron chi connectivity index (χ0n) is 21.9. The molecule has 39 heavy (non-hydrogen) atoms. The molecule has 0 saturated heterocycles. The molecule has 0 fully saturated rings. The van der Waals surface area contributed by atoms with E-state index in [9.17, 15) is 17.6 Å². The number of carbonyl (C=O) groups excluding carboxylic acids is 1. The number of aromatic nitrogens is 2. The van der Waals surface area contributed by atoms with Crippen LogP contribution in [0.3, 0.4) is 0 Å². The molecule has 1 aromatic heterocycles. The SMILES string of the molecule is C[C@@H](CC(=O)N(Cc1nccn1C)c1ccc2c(c1)[C@@H](NS(=O)(=O)c1ccc(F)cc1)CC2)c1ccccc1. The van der Waals surface area contributed by atoms with Crippen LogP contribution < -0.4 is 9.62 Å². The van der Waals surface area contributed by atoms with Gasteiger partial charge in [-0.05, 0) is 71.8 Å². The number of anilines is 1. The number of benzene rings is 3. The molecule has 0 radical (unpaired) electrons. The van der Waals surface area contributed by atoms with Crippen molar-refractivity contribution < 1.29 is 17.6 Å². The Morgan fingerprint density at radius 1 is 1.13 bits per heavy atom. The van der Waals surface area contributed by atoms with Crippen molar-refractivity contribution in [2.45, 2.75) is 49.6 Å². The maximum absolute atomic E-state index is 13.7. The van der Waals surface area contributed by atoms with Crippen LogP contribution in [0, 0.1) is 5.82 Å². The molecule has 3 aromatic carbocycles. The number of rotatable bonds is 9. The number of sulfonamides is 1. The van der Waals surface area contributed by atoms with Gasteiger partial charge in [0, 0.05) is 37.6 Å². The van der Waals surface area contributed by atoms with E-state index in [0.29, 0.717) is 24.9 Å². The van der Waals surface area contributed by atoms with Crippen LogP contribution in [0.25, 0.3) is 0 Å². The average Bonchev–Trinajstić information content (AvgIpc) is 3.52. The zero-order chi connectivity index (χ0) is 27.6. The lowest BCUT2D eigenvalue weighted by atomic mass is 9.97. The Kier molecular flexibility index (Phi) is 7.63. The molecule has 2 atom stereocenters. The topological polar surface area (TPSA) is 84.3 Å². The first kappa shape index (κ1) is 26.8. The van der Waals surface area contributed by atoms with Gasteiger partial charge in [-0.2, -0.15) is 0 Å². The highest BCUT2D eigenvalue weighted by atomic mass is 32.2. The summed E-state index contributed by atoms with van der Waals surface area (Å²) in [5.41, 5.74) is 3.65. The largest absolute Gasteiger partial charge is 0.337 e. The van der Waals surface area contributed by atoms with Gasteiger partial charge in [-0.15, -0.1) is 0 Å². The molecule has 7 nitrogen and oxygen atoms in total.